The van der Waals surface area contributed by atoms with Crippen molar-refractivity contribution in [2.75, 3.05) is 13.2 Å². The van der Waals surface area contributed by atoms with Crippen LogP contribution in [0.1, 0.15) is 162 Å². The van der Waals surface area contributed by atoms with Crippen LogP contribution in [0.25, 0.3) is 0 Å². The number of ether oxygens (including phenoxy) is 2. The van der Waals surface area contributed by atoms with Crippen molar-refractivity contribution in [3.63, 3.8) is 0 Å². The van der Waals surface area contributed by atoms with Gasteiger partial charge in [0.25, 0.3) is 0 Å². The standard InChI is InChI=1S/C41H70O7/c1-4-5-18-25-36(42)29-30-38-35(28-31-39(38)44)24-20-16-17-22-27-41(46)48-33-37(43)32-47-40(45)26-21-15-13-11-9-7-6-8-10-12-14-19-23-34(2)3/h16,20,28-31,34-38,42-43H,4-15,17-19,21-27,32-33H2,1-3H3/b20-16-,30-29+/t35-,36-,37-,38+/m0/s1. The van der Waals surface area contributed by atoms with Crippen LogP contribution in [-0.4, -0.2) is 53.4 Å². The number of aliphatic hydroxyl groups excluding tert-OH is 2. The molecule has 48 heavy (non-hydrogen) atoms. The molecule has 0 saturated heterocycles. The number of rotatable bonds is 31. The molecule has 0 amide bonds. The molecule has 0 unspecified atom stereocenters. The number of hydrogen-bond acceptors (Lipinski definition) is 7. The SMILES string of the molecule is CCCCC[C@H](O)/C=C/[C@H]1C(=O)C=C[C@@H]1C/C=C\CCCC(=O)OC[C@@H](O)COC(=O)CCCCCCCCCCCCCCC(C)C. The number of carbonyl (C=O) groups excluding carboxylic acids is 3. The Morgan fingerprint density at radius 2 is 1.29 bits per heavy atom. The van der Waals surface area contributed by atoms with E-state index in [4.69, 9.17) is 9.47 Å². The van der Waals surface area contributed by atoms with Crippen LogP contribution in [-0.2, 0) is 23.9 Å². The van der Waals surface area contributed by atoms with E-state index < -0.39 is 18.2 Å². The van der Waals surface area contributed by atoms with Gasteiger partial charge >= 0.3 is 11.9 Å². The molecule has 0 aromatic carbocycles. The maximum atomic E-state index is 12.3. The zero-order valence-electron chi connectivity index (χ0n) is 30.8. The van der Waals surface area contributed by atoms with Crippen molar-refractivity contribution in [2.45, 2.75) is 174 Å². The number of allylic oxidation sites excluding steroid dienone is 5. The van der Waals surface area contributed by atoms with Crippen molar-refractivity contribution in [2.24, 2.45) is 17.8 Å². The smallest absolute Gasteiger partial charge is 0.305 e. The second kappa shape index (κ2) is 29.6. The Bertz CT molecular complexity index is 922. The lowest BCUT2D eigenvalue weighted by Gasteiger charge is -2.13. The van der Waals surface area contributed by atoms with Gasteiger partial charge in [-0.15, -0.1) is 0 Å². The quantitative estimate of drug-likeness (QED) is 0.0428. The summed E-state index contributed by atoms with van der Waals surface area (Å²) in [7, 11) is 0. The zero-order chi connectivity index (χ0) is 35.2. The van der Waals surface area contributed by atoms with Crippen molar-refractivity contribution >= 4 is 17.7 Å². The van der Waals surface area contributed by atoms with Crippen molar-refractivity contribution < 1.29 is 34.1 Å². The third-order valence-corrected chi connectivity index (χ3v) is 9.05. The van der Waals surface area contributed by atoms with Gasteiger partial charge in [-0.1, -0.05) is 147 Å². The fourth-order valence-corrected chi connectivity index (χ4v) is 5.97. The molecular weight excluding hydrogens is 604 g/mol. The molecule has 7 heteroatoms. The Labute approximate surface area is 293 Å². The molecule has 0 aromatic heterocycles. The summed E-state index contributed by atoms with van der Waals surface area (Å²) in [6.45, 7) is 6.37. The van der Waals surface area contributed by atoms with E-state index in [1.54, 1.807) is 12.2 Å². The lowest BCUT2D eigenvalue weighted by molar-refractivity contribution is -0.152. The highest BCUT2D eigenvalue weighted by Crippen LogP contribution is 2.27. The van der Waals surface area contributed by atoms with Crippen LogP contribution in [0.15, 0.2) is 36.5 Å². The number of aliphatic hydroxyl groups is 2. The second-order valence-electron chi connectivity index (χ2n) is 14.2. The van der Waals surface area contributed by atoms with Gasteiger partial charge < -0.3 is 19.7 Å². The number of esters is 2. The third kappa shape index (κ3) is 24.8. The monoisotopic (exact) mass is 675 g/mol. The Morgan fingerprint density at radius 1 is 0.750 bits per heavy atom. The Balaban J connectivity index is 2.00. The normalized spacial score (nSPS) is 17.6. The molecule has 0 saturated carbocycles. The summed E-state index contributed by atoms with van der Waals surface area (Å²) < 4.78 is 10.3. The van der Waals surface area contributed by atoms with Gasteiger partial charge in [0.05, 0.1) is 6.10 Å². The van der Waals surface area contributed by atoms with Gasteiger partial charge in [-0.2, -0.15) is 0 Å². The van der Waals surface area contributed by atoms with Crippen LogP contribution in [0.2, 0.25) is 0 Å². The minimum atomic E-state index is -1.03. The molecule has 2 N–H and O–H groups in total. The Morgan fingerprint density at radius 3 is 1.88 bits per heavy atom. The van der Waals surface area contributed by atoms with Crippen LogP contribution < -0.4 is 0 Å². The first-order valence-corrected chi connectivity index (χ1v) is 19.5. The molecule has 1 aliphatic carbocycles. The second-order valence-corrected chi connectivity index (χ2v) is 14.2. The predicted octanol–water partition coefficient (Wildman–Crippen LogP) is 9.54. The van der Waals surface area contributed by atoms with E-state index in [0.29, 0.717) is 19.3 Å². The summed E-state index contributed by atoms with van der Waals surface area (Å²) >= 11 is 0. The highest BCUT2D eigenvalue weighted by atomic mass is 16.6. The highest BCUT2D eigenvalue weighted by molar-refractivity contribution is 5.95. The van der Waals surface area contributed by atoms with E-state index in [9.17, 15) is 24.6 Å². The molecule has 0 bridgehead atoms. The summed E-state index contributed by atoms with van der Waals surface area (Å²) in [6, 6.07) is 0. The van der Waals surface area contributed by atoms with Crippen molar-refractivity contribution in [3.8, 4) is 0 Å². The molecule has 1 rings (SSSR count). The Hall–Kier alpha value is -2.25. The van der Waals surface area contributed by atoms with Crippen LogP contribution >= 0.6 is 0 Å². The minimum Gasteiger partial charge on any atom is -0.463 e. The van der Waals surface area contributed by atoms with E-state index in [1.165, 1.54) is 64.2 Å². The maximum absolute atomic E-state index is 12.3. The zero-order valence-corrected chi connectivity index (χ0v) is 30.8. The van der Waals surface area contributed by atoms with Crippen molar-refractivity contribution in [1.82, 2.24) is 0 Å². The fourth-order valence-electron chi connectivity index (χ4n) is 5.97. The molecule has 0 fully saturated rings. The Kier molecular flexibility index (Phi) is 27.0. The first-order chi connectivity index (χ1) is 23.2. The first kappa shape index (κ1) is 43.8. The first-order valence-electron chi connectivity index (χ1n) is 19.5. The summed E-state index contributed by atoms with van der Waals surface area (Å²) in [5.41, 5.74) is 0. The number of unbranched alkanes of at least 4 members (excludes halogenated alkanes) is 14. The molecule has 0 radical (unpaired) electrons. The van der Waals surface area contributed by atoms with Gasteiger partial charge in [-0.05, 0) is 50.0 Å². The van der Waals surface area contributed by atoms with Crippen LogP contribution in [0.3, 0.4) is 0 Å². The lowest BCUT2D eigenvalue weighted by Crippen LogP contribution is -2.25. The summed E-state index contributed by atoms with van der Waals surface area (Å²) in [5.74, 6) is 0.0422. The molecule has 276 valence electrons. The summed E-state index contributed by atoms with van der Waals surface area (Å²) in [6.07, 6.45) is 32.5. The van der Waals surface area contributed by atoms with Crippen molar-refractivity contribution in [1.29, 1.82) is 0 Å². The maximum Gasteiger partial charge on any atom is 0.305 e. The molecule has 0 spiro atoms. The van der Waals surface area contributed by atoms with Crippen LogP contribution in [0.5, 0.6) is 0 Å². The van der Waals surface area contributed by atoms with E-state index in [2.05, 4.69) is 20.8 Å². The molecule has 0 aliphatic heterocycles. The lowest BCUT2D eigenvalue weighted by atomic mass is 9.90. The van der Waals surface area contributed by atoms with Crippen LogP contribution in [0, 0.1) is 17.8 Å². The van der Waals surface area contributed by atoms with E-state index in [1.807, 2.05) is 24.3 Å². The average molecular weight is 675 g/mol. The van der Waals surface area contributed by atoms with Gasteiger partial charge in [0.15, 0.2) is 5.78 Å². The minimum absolute atomic E-state index is 0.0740. The molecule has 0 heterocycles. The molecule has 7 nitrogen and oxygen atoms in total. The molecule has 1 aliphatic rings. The molecule has 4 atom stereocenters. The van der Waals surface area contributed by atoms with Crippen molar-refractivity contribution in [3.05, 3.63) is 36.5 Å². The largest absolute Gasteiger partial charge is 0.463 e. The fraction of sp³-hybridized carbons (Fsp3) is 0.780. The summed E-state index contributed by atoms with van der Waals surface area (Å²) in [4.78, 5) is 36.3. The number of carbonyl (C=O) groups is 3. The number of hydrogen-bond donors (Lipinski definition) is 2. The van der Waals surface area contributed by atoms with Gasteiger partial charge in [0.2, 0.25) is 0 Å². The summed E-state index contributed by atoms with van der Waals surface area (Å²) in [5, 5.41) is 20.2. The highest BCUT2D eigenvalue weighted by Gasteiger charge is 2.26. The average Bonchev–Trinajstić information content (AvgIpc) is 3.41. The topological polar surface area (TPSA) is 110 Å². The van der Waals surface area contributed by atoms with E-state index in [-0.39, 0.29) is 43.2 Å². The van der Waals surface area contributed by atoms with Gasteiger partial charge in [-0.25, -0.2) is 0 Å². The van der Waals surface area contributed by atoms with Gasteiger partial charge in [0.1, 0.15) is 19.3 Å². The van der Waals surface area contributed by atoms with E-state index in [0.717, 1.165) is 57.3 Å². The third-order valence-electron chi connectivity index (χ3n) is 9.05. The molecular formula is C41H70O7. The number of ketones is 1. The van der Waals surface area contributed by atoms with E-state index >= 15 is 0 Å². The van der Waals surface area contributed by atoms with Gasteiger partial charge in [0, 0.05) is 18.8 Å². The van der Waals surface area contributed by atoms with Crippen LogP contribution in [0.4, 0.5) is 0 Å². The molecule has 0 aromatic rings. The van der Waals surface area contributed by atoms with Gasteiger partial charge in [-0.3, -0.25) is 14.4 Å². The predicted molar refractivity (Wildman–Crippen MR) is 195 cm³/mol.